The molecule has 4 heterocycles. The SMILES string of the molecule is CCCCCOc1c2cc(NC(=O)c3cc([N+](=O)[O-])c[nH]3)cc1Cc1cc(NC(=O)c3cc([N+](=O)[O-])c[nH]3)cc(c1OCCCCC)Cc1cc(NC(=O)c3cc([N+](=O)[O-])c[nH]3)cc(c1OCCCCC)Cc1cc(NC(=O)c3cc([N+](=O)[O-])c[nH]3)cc(c1OCCCCC)C2. The molecule has 8 bridgehead atoms. The number of nitrogens with zero attached hydrogens (tertiary/aromatic N) is 4. The smallest absolute Gasteiger partial charge is 0.287 e. The summed E-state index contributed by atoms with van der Waals surface area (Å²) in [6, 6.07) is 18.2. The van der Waals surface area contributed by atoms with E-state index in [1.165, 1.54) is 0 Å². The van der Waals surface area contributed by atoms with Crippen LogP contribution in [0.15, 0.2) is 97.6 Å². The number of nitrogens with one attached hydrogen (secondary N) is 8. The molecule has 0 saturated heterocycles. The maximum absolute atomic E-state index is 14.3. The van der Waals surface area contributed by atoms with E-state index in [0.29, 0.717) is 93.2 Å². The molecule has 96 heavy (non-hydrogen) atoms. The molecule has 28 nitrogen and oxygen atoms in total. The molecule has 4 aromatic carbocycles. The number of benzene rings is 4. The van der Waals surface area contributed by atoms with Gasteiger partial charge >= 0.3 is 0 Å². The van der Waals surface area contributed by atoms with Crippen LogP contribution in [0.5, 0.6) is 23.0 Å². The Morgan fingerprint density at radius 2 is 0.521 bits per heavy atom. The minimum Gasteiger partial charge on any atom is -0.493 e. The van der Waals surface area contributed by atoms with Crippen LogP contribution in [0.25, 0.3) is 0 Å². The minimum absolute atomic E-state index is 0.0321. The number of ether oxygens (including phenoxy) is 4. The standard InChI is InChI=1S/C68H76N12O16/c1-5-9-13-17-93-61-41-21-43-27-50(74-66(82)58-34-54(38-70-58)78(87)88)29-45(62(43)94-18-14-10-6-2)23-47-31-52(76-68(84)60-36-56(40-72-60)80(91)92)32-48(64(47)96-20-16-12-8-4)24-46-30-51(75-67(83)59-35-55(39-71-59)79(89)90)28-44(63(46)95-19-15-11-7-3)22-42(61)26-49(25-41)73-65(81)57-33-53(37-69-57)77(85)86/h25-40,69-72H,5-24H2,1-4H3,(H,73,81)(H,74,82)(H,75,83)(H,76,84). The van der Waals surface area contributed by atoms with Gasteiger partial charge in [-0.15, -0.1) is 0 Å². The first-order chi connectivity index (χ1) is 46.3. The number of amides is 4. The fourth-order valence-corrected chi connectivity index (χ4v) is 11.3. The average Bonchev–Trinajstić information content (AvgIpc) is 1.45. The second kappa shape index (κ2) is 32.5. The van der Waals surface area contributed by atoms with E-state index in [9.17, 15) is 59.6 Å². The molecule has 0 atom stereocenters. The summed E-state index contributed by atoms with van der Waals surface area (Å²) >= 11 is 0. The number of carbonyl (C=O) groups excluding carboxylic acids is 4. The van der Waals surface area contributed by atoms with Crippen LogP contribution in [0.4, 0.5) is 45.5 Å². The molecule has 8 aromatic rings. The summed E-state index contributed by atoms with van der Waals surface area (Å²) in [6.07, 6.45) is 13.5. The first-order valence-electron chi connectivity index (χ1n) is 32.0. The molecule has 28 heteroatoms. The molecule has 0 saturated carbocycles. The quantitative estimate of drug-likeness (QED) is 0.0110. The monoisotopic (exact) mass is 1320 g/mol. The Labute approximate surface area is 551 Å². The maximum Gasteiger partial charge on any atom is 0.287 e. The van der Waals surface area contributed by atoms with E-state index in [2.05, 4.69) is 68.9 Å². The predicted molar refractivity (Wildman–Crippen MR) is 359 cm³/mol. The topological polar surface area (TPSA) is 389 Å². The molecule has 1 aliphatic carbocycles. The van der Waals surface area contributed by atoms with Crippen molar-refractivity contribution in [3.8, 4) is 23.0 Å². The third-order valence-electron chi connectivity index (χ3n) is 16.0. The van der Waals surface area contributed by atoms with Gasteiger partial charge in [0, 0.05) is 117 Å². The Morgan fingerprint density at radius 3 is 0.677 bits per heavy atom. The lowest BCUT2D eigenvalue weighted by Gasteiger charge is -2.25. The van der Waals surface area contributed by atoms with Gasteiger partial charge in [-0.05, 0) is 74.2 Å². The summed E-state index contributed by atoms with van der Waals surface area (Å²) < 4.78 is 27.9. The van der Waals surface area contributed by atoms with Crippen LogP contribution < -0.4 is 40.2 Å². The molecule has 0 unspecified atom stereocenters. The fraction of sp³-hybridized carbons (Fsp3) is 0.353. The Bertz CT molecular complexity index is 3560. The normalized spacial score (nSPS) is 11.7. The zero-order chi connectivity index (χ0) is 68.4. The van der Waals surface area contributed by atoms with E-state index in [-0.39, 0.29) is 120 Å². The van der Waals surface area contributed by atoms with Crippen LogP contribution in [0.2, 0.25) is 0 Å². The second-order valence-electron chi connectivity index (χ2n) is 23.4. The summed E-state index contributed by atoms with van der Waals surface area (Å²) in [5.74, 6) is -1.29. The van der Waals surface area contributed by atoms with Crippen LogP contribution >= 0.6 is 0 Å². The van der Waals surface area contributed by atoms with Crippen LogP contribution in [0.1, 0.15) is 191 Å². The number of H-pyrrole nitrogens is 4. The Morgan fingerprint density at radius 1 is 0.333 bits per heavy atom. The zero-order valence-electron chi connectivity index (χ0n) is 53.7. The van der Waals surface area contributed by atoms with Crippen molar-refractivity contribution in [1.82, 2.24) is 19.9 Å². The predicted octanol–water partition coefficient (Wildman–Crippen LogP) is 14.6. The van der Waals surface area contributed by atoms with Gasteiger partial charge in [0.25, 0.3) is 46.4 Å². The Hall–Kier alpha value is -11.3. The van der Waals surface area contributed by atoms with Crippen molar-refractivity contribution < 1.29 is 57.8 Å². The van der Waals surface area contributed by atoms with Gasteiger partial charge in [0.15, 0.2) is 0 Å². The number of nitro groups is 4. The van der Waals surface area contributed by atoms with E-state index in [1.54, 1.807) is 48.5 Å². The third-order valence-corrected chi connectivity index (χ3v) is 16.0. The molecule has 504 valence electrons. The number of anilines is 4. The number of aromatic nitrogens is 4. The van der Waals surface area contributed by atoms with Gasteiger partial charge in [-0.3, -0.25) is 59.6 Å². The number of aromatic amines is 4. The van der Waals surface area contributed by atoms with Crippen molar-refractivity contribution in [2.24, 2.45) is 0 Å². The van der Waals surface area contributed by atoms with E-state index >= 15 is 0 Å². The first kappa shape index (κ1) is 69.0. The maximum atomic E-state index is 14.3. The number of fused-ring (bicyclic) bond motifs is 8. The van der Waals surface area contributed by atoms with Gasteiger partial charge in [0.05, 0.1) is 70.9 Å². The largest absolute Gasteiger partial charge is 0.493 e. The molecule has 1 aliphatic rings. The van der Waals surface area contributed by atoms with Crippen LogP contribution in [-0.2, 0) is 25.7 Å². The van der Waals surface area contributed by atoms with Crippen molar-refractivity contribution in [2.45, 2.75) is 130 Å². The van der Waals surface area contributed by atoms with Gasteiger partial charge in [-0.2, -0.15) is 0 Å². The summed E-state index contributed by atoms with van der Waals surface area (Å²) in [7, 11) is 0. The van der Waals surface area contributed by atoms with Crippen molar-refractivity contribution >= 4 is 69.1 Å². The number of rotatable bonds is 32. The molecule has 8 N–H and O–H groups in total. The lowest BCUT2D eigenvalue weighted by molar-refractivity contribution is -0.384. The summed E-state index contributed by atoms with van der Waals surface area (Å²) in [6.45, 7) is 9.15. The minimum atomic E-state index is -0.717. The van der Waals surface area contributed by atoms with E-state index in [1.807, 2.05) is 0 Å². The Balaban J connectivity index is 1.36. The lowest BCUT2D eigenvalue weighted by Crippen LogP contribution is -2.16. The molecule has 9 rings (SSSR count). The van der Waals surface area contributed by atoms with Gasteiger partial charge in [-0.1, -0.05) is 79.1 Å². The molecule has 0 spiro atoms. The van der Waals surface area contributed by atoms with Crippen molar-refractivity contribution in [1.29, 1.82) is 0 Å². The highest BCUT2D eigenvalue weighted by atomic mass is 16.6. The van der Waals surface area contributed by atoms with Crippen molar-refractivity contribution in [3.05, 3.63) is 205 Å². The molecule has 0 radical (unpaired) electrons. The molecule has 0 aliphatic heterocycles. The molecule has 4 amide bonds. The number of unbranched alkanes of at least 4 members (excludes halogenated alkanes) is 8. The van der Waals surface area contributed by atoms with Crippen molar-refractivity contribution in [2.75, 3.05) is 47.7 Å². The van der Waals surface area contributed by atoms with Crippen molar-refractivity contribution in [3.63, 3.8) is 0 Å². The molecule has 0 fully saturated rings. The zero-order valence-corrected chi connectivity index (χ0v) is 53.7. The van der Waals surface area contributed by atoms with Crippen LogP contribution in [0.3, 0.4) is 0 Å². The highest BCUT2D eigenvalue weighted by molar-refractivity contribution is 6.06. The average molecular weight is 1320 g/mol. The second-order valence-corrected chi connectivity index (χ2v) is 23.4. The summed E-state index contributed by atoms with van der Waals surface area (Å²) in [4.78, 5) is 113. The molecule has 4 aromatic heterocycles. The van der Waals surface area contributed by atoms with E-state index in [0.717, 1.165) is 100 Å². The molecular weight excluding hydrogens is 1240 g/mol. The van der Waals surface area contributed by atoms with E-state index < -0.39 is 43.3 Å². The summed E-state index contributed by atoms with van der Waals surface area (Å²) in [5, 5.41) is 59.2. The summed E-state index contributed by atoms with van der Waals surface area (Å²) in [5.41, 5.74) is 3.10. The number of hydrogen-bond donors (Lipinski definition) is 8. The first-order valence-corrected chi connectivity index (χ1v) is 32.0. The lowest BCUT2D eigenvalue weighted by atomic mass is 9.90. The Kier molecular flexibility index (Phi) is 23.4. The van der Waals surface area contributed by atoms with Gasteiger partial charge in [0.2, 0.25) is 0 Å². The van der Waals surface area contributed by atoms with Gasteiger partial charge in [0.1, 0.15) is 45.8 Å². The van der Waals surface area contributed by atoms with Crippen LogP contribution in [-0.4, -0.2) is 89.7 Å². The van der Waals surface area contributed by atoms with Gasteiger partial charge < -0.3 is 60.2 Å². The fourth-order valence-electron chi connectivity index (χ4n) is 11.3. The number of carbonyl (C=O) groups is 4. The molecular formula is C68H76N12O16. The van der Waals surface area contributed by atoms with Gasteiger partial charge in [-0.25, -0.2) is 0 Å². The third kappa shape index (κ3) is 17.7. The highest BCUT2D eigenvalue weighted by Gasteiger charge is 2.28. The van der Waals surface area contributed by atoms with Crippen LogP contribution in [0, 0.1) is 40.5 Å². The highest BCUT2D eigenvalue weighted by Crippen LogP contribution is 2.44. The van der Waals surface area contributed by atoms with E-state index in [4.69, 9.17) is 18.9 Å². The number of hydrogen-bond acceptors (Lipinski definition) is 16.